The molecule has 0 aliphatic carbocycles. The molecule has 0 aromatic carbocycles. The molecule has 2 rings (SSSR count). The van der Waals surface area contributed by atoms with Crippen LogP contribution in [0.25, 0.3) is 0 Å². The molecule has 2 aliphatic heterocycles. The number of ether oxygens (including phenoxy) is 1. The van der Waals surface area contributed by atoms with Gasteiger partial charge in [0.15, 0.2) is 0 Å². The van der Waals surface area contributed by atoms with Crippen molar-refractivity contribution in [2.45, 2.75) is 45.1 Å². The lowest BCUT2D eigenvalue weighted by Crippen LogP contribution is -2.54. The van der Waals surface area contributed by atoms with Crippen molar-refractivity contribution < 1.29 is 14.3 Å². The van der Waals surface area contributed by atoms with Gasteiger partial charge in [-0.1, -0.05) is 13.8 Å². The third kappa shape index (κ3) is 2.51. The Hall–Kier alpha value is -1.10. The highest BCUT2D eigenvalue weighted by Crippen LogP contribution is 2.34. The number of hydrogen-bond donors (Lipinski definition) is 2. The summed E-state index contributed by atoms with van der Waals surface area (Å²) in [5.41, 5.74) is -0.703. The fourth-order valence-corrected chi connectivity index (χ4v) is 2.88. The van der Waals surface area contributed by atoms with E-state index in [1.54, 1.807) is 0 Å². The first-order chi connectivity index (χ1) is 8.54. The van der Waals surface area contributed by atoms with Crippen molar-refractivity contribution in [3.05, 3.63) is 0 Å². The molecule has 2 fully saturated rings. The number of carbonyl (C=O) groups excluding carboxylic acids is 2. The smallest absolute Gasteiger partial charge is 0.322 e. The van der Waals surface area contributed by atoms with Crippen LogP contribution < -0.4 is 10.6 Å². The number of amides is 3. The van der Waals surface area contributed by atoms with Crippen LogP contribution in [0.15, 0.2) is 0 Å². The fraction of sp³-hybridized carbons (Fsp3) is 0.846. The van der Waals surface area contributed by atoms with Crippen LogP contribution >= 0.6 is 0 Å². The van der Waals surface area contributed by atoms with Gasteiger partial charge in [0.2, 0.25) is 0 Å². The van der Waals surface area contributed by atoms with Crippen molar-refractivity contribution >= 4 is 11.9 Å². The normalized spacial score (nSPS) is 29.5. The molecule has 102 valence electrons. The fourth-order valence-electron chi connectivity index (χ4n) is 2.88. The van der Waals surface area contributed by atoms with Crippen LogP contribution in [0.4, 0.5) is 4.79 Å². The third-order valence-electron chi connectivity index (χ3n) is 4.00. The van der Waals surface area contributed by atoms with Gasteiger partial charge in [-0.3, -0.25) is 10.1 Å². The summed E-state index contributed by atoms with van der Waals surface area (Å²) < 4.78 is 5.35. The second-order valence-electron chi connectivity index (χ2n) is 5.70. The van der Waals surface area contributed by atoms with E-state index < -0.39 is 5.54 Å². The molecule has 2 saturated heterocycles. The van der Waals surface area contributed by atoms with Gasteiger partial charge in [0.1, 0.15) is 5.54 Å². The van der Waals surface area contributed by atoms with Crippen LogP contribution in [0.2, 0.25) is 0 Å². The summed E-state index contributed by atoms with van der Waals surface area (Å²) in [5.74, 6) is 0.559. The largest absolute Gasteiger partial charge is 0.381 e. The molecule has 0 unspecified atom stereocenters. The van der Waals surface area contributed by atoms with Gasteiger partial charge in [-0.05, 0) is 37.5 Å². The molecule has 3 amide bonds. The van der Waals surface area contributed by atoms with Crippen LogP contribution in [-0.2, 0) is 9.53 Å². The molecule has 0 aromatic rings. The average molecular weight is 254 g/mol. The van der Waals surface area contributed by atoms with Gasteiger partial charge in [0, 0.05) is 13.2 Å². The standard InChI is InChI=1S/C13H22N2O3/c1-9(2)3-6-13(10-4-7-18-8-5-10)11(16)14-12(17)15-13/h9-10H,3-8H2,1-2H3,(H2,14,15,16,17)/t13-/m1/s1. The van der Waals surface area contributed by atoms with Crippen molar-refractivity contribution in [1.29, 1.82) is 0 Å². The van der Waals surface area contributed by atoms with Crippen molar-refractivity contribution in [1.82, 2.24) is 10.6 Å². The Labute approximate surface area is 108 Å². The van der Waals surface area contributed by atoms with E-state index in [0.717, 1.165) is 19.3 Å². The summed E-state index contributed by atoms with van der Waals surface area (Å²) in [7, 11) is 0. The summed E-state index contributed by atoms with van der Waals surface area (Å²) >= 11 is 0. The van der Waals surface area contributed by atoms with Gasteiger partial charge < -0.3 is 10.1 Å². The van der Waals surface area contributed by atoms with E-state index in [4.69, 9.17) is 4.74 Å². The van der Waals surface area contributed by atoms with Gasteiger partial charge in [-0.2, -0.15) is 0 Å². The molecule has 2 N–H and O–H groups in total. The first-order valence-electron chi connectivity index (χ1n) is 6.76. The Kier molecular flexibility index (Phi) is 3.90. The predicted octanol–water partition coefficient (Wildman–Crippen LogP) is 1.43. The summed E-state index contributed by atoms with van der Waals surface area (Å²) in [4.78, 5) is 23.7. The van der Waals surface area contributed by atoms with Crippen molar-refractivity contribution in [2.75, 3.05) is 13.2 Å². The first kappa shape index (κ1) is 13.3. The number of urea groups is 1. The lowest BCUT2D eigenvalue weighted by molar-refractivity contribution is -0.127. The number of carbonyl (C=O) groups is 2. The quantitative estimate of drug-likeness (QED) is 0.746. The maximum absolute atomic E-state index is 12.2. The monoisotopic (exact) mass is 254 g/mol. The molecule has 5 heteroatoms. The van der Waals surface area contributed by atoms with Crippen LogP contribution in [0.3, 0.4) is 0 Å². The van der Waals surface area contributed by atoms with E-state index in [2.05, 4.69) is 24.5 Å². The number of hydrogen-bond acceptors (Lipinski definition) is 3. The minimum atomic E-state index is -0.703. The van der Waals surface area contributed by atoms with E-state index in [9.17, 15) is 9.59 Å². The molecule has 0 saturated carbocycles. The summed E-state index contributed by atoms with van der Waals surface area (Å²) in [5, 5.41) is 5.29. The number of nitrogens with one attached hydrogen (secondary N) is 2. The molecular weight excluding hydrogens is 232 g/mol. The minimum absolute atomic E-state index is 0.153. The lowest BCUT2D eigenvalue weighted by atomic mass is 9.75. The van der Waals surface area contributed by atoms with Gasteiger partial charge in [-0.25, -0.2) is 4.79 Å². The third-order valence-corrected chi connectivity index (χ3v) is 4.00. The molecule has 1 atom stereocenters. The molecule has 0 spiro atoms. The summed E-state index contributed by atoms with van der Waals surface area (Å²) in [6, 6.07) is -0.352. The molecule has 2 heterocycles. The predicted molar refractivity (Wildman–Crippen MR) is 67.0 cm³/mol. The highest BCUT2D eigenvalue weighted by atomic mass is 16.5. The number of imide groups is 1. The molecule has 0 radical (unpaired) electrons. The van der Waals surface area contributed by atoms with E-state index in [1.807, 2.05) is 0 Å². The molecule has 18 heavy (non-hydrogen) atoms. The highest BCUT2D eigenvalue weighted by molar-refractivity contribution is 6.07. The second kappa shape index (κ2) is 5.26. The topological polar surface area (TPSA) is 67.4 Å². The Morgan fingerprint density at radius 2 is 2.00 bits per heavy atom. The van der Waals surface area contributed by atoms with Gasteiger partial charge in [0.25, 0.3) is 5.91 Å². The number of rotatable bonds is 4. The molecule has 0 bridgehead atoms. The van der Waals surface area contributed by atoms with Crippen LogP contribution in [0.5, 0.6) is 0 Å². The van der Waals surface area contributed by atoms with E-state index in [-0.39, 0.29) is 17.9 Å². The Bertz CT molecular complexity index is 337. The SMILES string of the molecule is CC(C)CC[C@]1(C2CCOCC2)NC(=O)NC1=O. The Morgan fingerprint density at radius 1 is 1.33 bits per heavy atom. The minimum Gasteiger partial charge on any atom is -0.381 e. The summed E-state index contributed by atoms with van der Waals surface area (Å²) in [6.45, 7) is 5.62. The van der Waals surface area contributed by atoms with Gasteiger partial charge in [0.05, 0.1) is 0 Å². The average Bonchev–Trinajstić information content (AvgIpc) is 2.64. The van der Waals surface area contributed by atoms with Crippen molar-refractivity contribution in [2.24, 2.45) is 11.8 Å². The molecule has 2 aliphatic rings. The maximum atomic E-state index is 12.2. The molecule has 5 nitrogen and oxygen atoms in total. The van der Waals surface area contributed by atoms with E-state index in [1.165, 1.54) is 0 Å². The Morgan fingerprint density at radius 3 is 2.50 bits per heavy atom. The molecule has 0 aromatic heterocycles. The summed E-state index contributed by atoms with van der Waals surface area (Å²) in [6.07, 6.45) is 3.33. The van der Waals surface area contributed by atoms with Crippen LogP contribution in [0, 0.1) is 11.8 Å². The van der Waals surface area contributed by atoms with Gasteiger partial charge in [-0.15, -0.1) is 0 Å². The van der Waals surface area contributed by atoms with Crippen molar-refractivity contribution in [3.8, 4) is 0 Å². The highest BCUT2D eigenvalue weighted by Gasteiger charge is 2.51. The van der Waals surface area contributed by atoms with Crippen molar-refractivity contribution in [3.63, 3.8) is 0 Å². The maximum Gasteiger partial charge on any atom is 0.322 e. The first-order valence-corrected chi connectivity index (χ1v) is 6.76. The van der Waals surface area contributed by atoms with Crippen LogP contribution in [-0.4, -0.2) is 30.7 Å². The second-order valence-corrected chi connectivity index (χ2v) is 5.70. The van der Waals surface area contributed by atoms with E-state index in [0.29, 0.717) is 25.6 Å². The van der Waals surface area contributed by atoms with Crippen LogP contribution in [0.1, 0.15) is 39.5 Å². The Balaban J connectivity index is 2.15. The zero-order valence-electron chi connectivity index (χ0n) is 11.1. The zero-order valence-corrected chi connectivity index (χ0v) is 11.1. The molecular formula is C13H22N2O3. The lowest BCUT2D eigenvalue weighted by Gasteiger charge is -2.37. The van der Waals surface area contributed by atoms with Gasteiger partial charge >= 0.3 is 6.03 Å². The zero-order chi connectivity index (χ0) is 13.2. The van der Waals surface area contributed by atoms with E-state index >= 15 is 0 Å².